The summed E-state index contributed by atoms with van der Waals surface area (Å²) in [4.78, 5) is 20.8. The number of furan rings is 1. The van der Waals surface area contributed by atoms with E-state index in [1.165, 1.54) is 22.7 Å². The second-order valence-electron chi connectivity index (χ2n) is 6.83. The number of nitrogens with zero attached hydrogens (tertiary/aromatic N) is 4. The smallest absolute Gasteiger partial charge is 0.266 e. The Morgan fingerprint density at radius 2 is 2.17 bits per heavy atom. The summed E-state index contributed by atoms with van der Waals surface area (Å²) in [6, 6.07) is 5.61. The van der Waals surface area contributed by atoms with Crippen LogP contribution in [0.25, 0.3) is 6.08 Å². The van der Waals surface area contributed by atoms with Crippen molar-refractivity contribution in [3.05, 3.63) is 40.6 Å². The van der Waals surface area contributed by atoms with Gasteiger partial charge in [0.15, 0.2) is 0 Å². The number of amides is 1. The molecule has 29 heavy (non-hydrogen) atoms. The zero-order chi connectivity index (χ0) is 20.5. The van der Waals surface area contributed by atoms with Gasteiger partial charge in [-0.3, -0.25) is 9.69 Å². The van der Waals surface area contributed by atoms with E-state index < -0.39 is 0 Å². The summed E-state index contributed by atoms with van der Waals surface area (Å²) < 4.78 is 17.3. The van der Waals surface area contributed by atoms with E-state index in [1.54, 1.807) is 18.4 Å². The van der Waals surface area contributed by atoms with Crippen LogP contribution < -0.4 is 4.90 Å². The number of hydrogen-bond acceptors (Lipinski definition) is 9. The summed E-state index contributed by atoms with van der Waals surface area (Å²) in [7, 11) is 0. The van der Waals surface area contributed by atoms with Gasteiger partial charge < -0.3 is 18.5 Å². The number of ether oxygens (including phenoxy) is 1. The maximum atomic E-state index is 12.7. The lowest BCUT2D eigenvalue weighted by molar-refractivity contribution is -0.122. The molecule has 0 unspecified atom stereocenters. The zero-order valence-electron chi connectivity index (χ0n) is 15.8. The molecule has 2 saturated heterocycles. The lowest BCUT2D eigenvalue weighted by Gasteiger charge is -2.34. The number of hydrogen-bond donors (Lipinski definition) is 0. The predicted octanol–water partition coefficient (Wildman–Crippen LogP) is 3.15. The van der Waals surface area contributed by atoms with E-state index in [0.717, 1.165) is 0 Å². The monoisotopic (exact) mass is 430 g/mol. The van der Waals surface area contributed by atoms with Crippen molar-refractivity contribution in [2.45, 2.75) is 32.6 Å². The molecule has 0 aromatic carbocycles. The normalized spacial score (nSPS) is 23.8. The Kier molecular flexibility index (Phi) is 5.45. The van der Waals surface area contributed by atoms with Crippen molar-refractivity contribution < 1.29 is 18.4 Å². The van der Waals surface area contributed by atoms with Crippen molar-refractivity contribution in [3.63, 3.8) is 0 Å². The average Bonchev–Trinajstić information content (AvgIpc) is 3.38. The molecule has 10 heteroatoms. The minimum atomic E-state index is -0.247. The quantitative estimate of drug-likeness (QED) is 0.535. The summed E-state index contributed by atoms with van der Waals surface area (Å²) in [5.74, 6) is 0.986. The lowest BCUT2D eigenvalue weighted by atomic mass is 10.2. The van der Waals surface area contributed by atoms with Gasteiger partial charge in [-0.1, -0.05) is 24.0 Å². The van der Waals surface area contributed by atoms with Gasteiger partial charge >= 0.3 is 0 Å². The van der Waals surface area contributed by atoms with Crippen LogP contribution in [0.2, 0.25) is 0 Å². The van der Waals surface area contributed by atoms with Gasteiger partial charge in [-0.15, -0.1) is 0 Å². The molecule has 4 rings (SSSR count). The van der Waals surface area contributed by atoms with Gasteiger partial charge in [0.05, 0.1) is 29.9 Å². The molecule has 150 valence electrons. The summed E-state index contributed by atoms with van der Waals surface area (Å²) in [6.45, 7) is 5.39. The number of carbonyl (C=O) groups excluding carboxylic acids is 1. The number of thioether (sulfide) groups is 1. The van der Waals surface area contributed by atoms with Crippen molar-refractivity contribution in [1.29, 1.82) is 5.26 Å². The molecule has 2 atom stereocenters. The Morgan fingerprint density at radius 3 is 2.83 bits per heavy atom. The third kappa shape index (κ3) is 4.07. The molecule has 0 bridgehead atoms. The molecular weight excluding hydrogens is 412 g/mol. The number of rotatable bonds is 4. The first-order valence-electron chi connectivity index (χ1n) is 9.03. The zero-order valence-corrected chi connectivity index (χ0v) is 17.5. The fourth-order valence-corrected chi connectivity index (χ4v) is 4.55. The Bertz CT molecular complexity index is 998. The molecule has 4 heterocycles. The Labute approximate surface area is 177 Å². The fourth-order valence-electron chi connectivity index (χ4n) is 3.33. The molecule has 2 aliphatic heterocycles. The van der Waals surface area contributed by atoms with E-state index in [0.29, 0.717) is 34.0 Å². The maximum absolute atomic E-state index is 12.7. The number of nitriles is 1. The van der Waals surface area contributed by atoms with Crippen LogP contribution in [-0.2, 0) is 16.1 Å². The topological polar surface area (TPSA) is 95.7 Å². The molecule has 2 aliphatic rings. The molecular formula is C19H18N4O4S2. The predicted molar refractivity (Wildman–Crippen MR) is 111 cm³/mol. The van der Waals surface area contributed by atoms with Crippen LogP contribution in [0.1, 0.15) is 31.2 Å². The second-order valence-corrected chi connectivity index (χ2v) is 8.50. The number of oxazole rings is 1. The first-order valence-corrected chi connectivity index (χ1v) is 10.3. The fraction of sp³-hybridized carbons (Fsp3) is 0.368. The van der Waals surface area contributed by atoms with Crippen LogP contribution in [-0.4, -0.2) is 45.4 Å². The molecule has 0 N–H and O–H groups in total. The Hall–Kier alpha value is -2.61. The molecule has 2 aromatic heterocycles. The molecule has 0 saturated carbocycles. The molecule has 2 aromatic rings. The van der Waals surface area contributed by atoms with Crippen LogP contribution in [0.4, 0.5) is 5.88 Å². The van der Waals surface area contributed by atoms with Crippen molar-refractivity contribution in [1.82, 2.24) is 9.88 Å². The third-order valence-electron chi connectivity index (χ3n) is 4.46. The number of carbonyl (C=O) groups is 1. The van der Waals surface area contributed by atoms with Crippen molar-refractivity contribution in [2.24, 2.45) is 0 Å². The van der Waals surface area contributed by atoms with Crippen LogP contribution in [0.5, 0.6) is 0 Å². The highest BCUT2D eigenvalue weighted by Gasteiger charge is 2.34. The van der Waals surface area contributed by atoms with E-state index in [4.69, 9.17) is 25.8 Å². The third-order valence-corrected chi connectivity index (χ3v) is 5.84. The largest absolute Gasteiger partial charge is 0.467 e. The summed E-state index contributed by atoms with van der Waals surface area (Å²) >= 11 is 6.49. The Balaban J connectivity index is 1.57. The second kappa shape index (κ2) is 8.02. The molecule has 0 spiro atoms. The van der Waals surface area contributed by atoms with Crippen LogP contribution in [0.15, 0.2) is 32.1 Å². The summed E-state index contributed by atoms with van der Waals surface area (Å²) in [5.41, 5.74) is 0.184. The minimum absolute atomic E-state index is 0.0108. The molecule has 0 radical (unpaired) electrons. The molecule has 2 fully saturated rings. The number of aromatic nitrogens is 1. The molecule has 0 aliphatic carbocycles. The van der Waals surface area contributed by atoms with E-state index in [2.05, 4.69) is 11.1 Å². The van der Waals surface area contributed by atoms with Gasteiger partial charge in [0, 0.05) is 19.2 Å². The molecule has 8 nitrogen and oxygen atoms in total. The highest BCUT2D eigenvalue weighted by atomic mass is 32.2. The van der Waals surface area contributed by atoms with Gasteiger partial charge in [0.1, 0.15) is 16.2 Å². The van der Waals surface area contributed by atoms with E-state index in [9.17, 15) is 10.1 Å². The van der Waals surface area contributed by atoms with Gasteiger partial charge in [-0.2, -0.15) is 10.2 Å². The van der Waals surface area contributed by atoms with Crippen LogP contribution in [0.3, 0.4) is 0 Å². The van der Waals surface area contributed by atoms with Crippen molar-refractivity contribution >= 4 is 46.2 Å². The van der Waals surface area contributed by atoms with E-state index in [-0.39, 0.29) is 36.2 Å². The van der Waals surface area contributed by atoms with Crippen molar-refractivity contribution in [2.75, 3.05) is 18.0 Å². The standard InChI is InChI=1S/C19H18N4O4S2/c1-11-8-22(9-12(2)26-11)18-14(7-20)21-16(27-18)6-15-17(24)23(19(28)29-15)10-13-4-3-5-25-13/h3-6,11-12H,8-10H2,1-2H3/b15-6+/t11-,12+. The summed E-state index contributed by atoms with van der Waals surface area (Å²) in [5, 5.41) is 9.47. The highest BCUT2D eigenvalue weighted by molar-refractivity contribution is 8.26. The van der Waals surface area contributed by atoms with Crippen LogP contribution in [0, 0.1) is 11.3 Å². The van der Waals surface area contributed by atoms with Gasteiger partial charge in [0.2, 0.25) is 17.5 Å². The van der Waals surface area contributed by atoms with Crippen molar-refractivity contribution in [3.8, 4) is 6.07 Å². The summed E-state index contributed by atoms with van der Waals surface area (Å²) in [6.07, 6.45) is 3.10. The van der Waals surface area contributed by atoms with E-state index >= 15 is 0 Å². The van der Waals surface area contributed by atoms with Gasteiger partial charge in [0.25, 0.3) is 5.91 Å². The maximum Gasteiger partial charge on any atom is 0.266 e. The van der Waals surface area contributed by atoms with Gasteiger partial charge in [-0.25, -0.2) is 0 Å². The lowest BCUT2D eigenvalue weighted by Crippen LogP contribution is -2.45. The highest BCUT2D eigenvalue weighted by Crippen LogP contribution is 2.34. The number of anilines is 1. The number of morpholine rings is 1. The SMILES string of the molecule is C[C@@H]1CN(c2oc(/C=C3/SC(=S)N(Cc4ccco4)C3=O)nc2C#N)C[C@H](C)O1. The van der Waals surface area contributed by atoms with Gasteiger partial charge in [-0.05, 0) is 26.0 Å². The Morgan fingerprint density at radius 1 is 1.41 bits per heavy atom. The minimum Gasteiger partial charge on any atom is -0.467 e. The molecule has 1 amide bonds. The number of thiocarbonyl (C=S) groups is 1. The first kappa shape index (κ1) is 19.7. The average molecular weight is 431 g/mol. The van der Waals surface area contributed by atoms with E-state index in [1.807, 2.05) is 18.7 Å². The first-order chi connectivity index (χ1) is 13.9. The van der Waals surface area contributed by atoms with Crippen LogP contribution >= 0.6 is 24.0 Å².